The van der Waals surface area contributed by atoms with Crippen molar-refractivity contribution in [2.75, 3.05) is 0 Å². The molecule has 0 aromatic heterocycles. The van der Waals surface area contributed by atoms with Crippen LogP contribution in [0.2, 0.25) is 0 Å². The predicted octanol–water partition coefficient (Wildman–Crippen LogP) is 5.09. The van der Waals surface area contributed by atoms with Gasteiger partial charge in [-0.1, -0.05) is 58.1 Å². The molecule has 0 radical (unpaired) electrons. The Morgan fingerprint density at radius 2 is 0.769 bits per heavy atom. The van der Waals surface area contributed by atoms with Gasteiger partial charge in [-0.3, -0.25) is 0 Å². The molecule has 0 saturated carbocycles. The lowest BCUT2D eigenvalue weighted by molar-refractivity contribution is 0.566. The first-order valence-corrected chi connectivity index (χ1v) is 5.65. The second-order valence-corrected chi connectivity index (χ2v) is 3.88. The molecule has 0 bridgehead atoms. The molecule has 0 heterocycles. The van der Waals surface area contributed by atoms with Crippen LogP contribution in [0.1, 0.15) is 71.6 Å². The fourth-order valence-corrected chi connectivity index (χ4v) is 1.82. The fraction of sp³-hybridized carbons (Fsp3) is 0.846. The third kappa shape index (κ3) is 8.08. The minimum absolute atomic E-state index is 0. The van der Waals surface area contributed by atoms with Crippen LogP contribution in [0.5, 0.6) is 0 Å². The van der Waals surface area contributed by atoms with Crippen molar-refractivity contribution in [3.05, 3.63) is 12.2 Å². The molecule has 0 aromatic carbocycles. The average molecular weight is 182 g/mol. The van der Waals surface area contributed by atoms with Crippen molar-refractivity contribution in [3.8, 4) is 0 Å². The van der Waals surface area contributed by atoms with Gasteiger partial charge in [0.2, 0.25) is 0 Å². The topological polar surface area (TPSA) is 0 Å². The molecule has 0 heteroatoms. The summed E-state index contributed by atoms with van der Waals surface area (Å²) in [6.45, 7) is 0. The highest BCUT2D eigenvalue weighted by Crippen LogP contribution is 2.12. The molecule has 0 nitrogen and oxygen atoms in total. The average Bonchev–Trinajstić information content (AvgIpc) is 2.05. The standard InChI is InChI=1S/C12H22.CH4/c1-2-4-6-8-10-12-11-9-7-5-3-1;/h1-2H,3-12H2;1H4. The minimum Gasteiger partial charge on any atom is -0.0885 e. The lowest BCUT2D eigenvalue weighted by atomic mass is 10.0. The molecular weight excluding hydrogens is 156 g/mol. The van der Waals surface area contributed by atoms with Crippen molar-refractivity contribution >= 4 is 0 Å². The third-order valence-corrected chi connectivity index (χ3v) is 2.66. The van der Waals surface area contributed by atoms with Gasteiger partial charge >= 0.3 is 0 Å². The van der Waals surface area contributed by atoms with E-state index in [9.17, 15) is 0 Å². The summed E-state index contributed by atoms with van der Waals surface area (Å²) in [7, 11) is 0. The van der Waals surface area contributed by atoms with Gasteiger partial charge in [0.1, 0.15) is 0 Å². The Morgan fingerprint density at radius 1 is 0.462 bits per heavy atom. The molecule has 0 fully saturated rings. The van der Waals surface area contributed by atoms with Crippen LogP contribution in [0.3, 0.4) is 0 Å². The van der Waals surface area contributed by atoms with Gasteiger partial charge in [0.15, 0.2) is 0 Å². The SMILES string of the molecule is C.C1=CCCCCCCCCCC1. The van der Waals surface area contributed by atoms with Crippen molar-refractivity contribution in [3.63, 3.8) is 0 Å². The smallest absolute Gasteiger partial charge is 0.0351 e. The summed E-state index contributed by atoms with van der Waals surface area (Å²) in [5.74, 6) is 0. The molecule has 1 rings (SSSR count). The third-order valence-electron chi connectivity index (χ3n) is 2.66. The van der Waals surface area contributed by atoms with E-state index in [-0.39, 0.29) is 7.43 Å². The molecule has 1 aliphatic carbocycles. The van der Waals surface area contributed by atoms with Crippen LogP contribution in [0.25, 0.3) is 0 Å². The number of hydrogen-bond donors (Lipinski definition) is 0. The first kappa shape index (κ1) is 12.7. The van der Waals surface area contributed by atoms with Gasteiger partial charge in [0, 0.05) is 0 Å². The maximum absolute atomic E-state index is 2.38. The Bertz CT molecular complexity index is 99.2. The zero-order valence-corrected chi connectivity index (χ0v) is 8.23. The lowest BCUT2D eigenvalue weighted by Crippen LogP contribution is -1.82. The van der Waals surface area contributed by atoms with Gasteiger partial charge in [-0.05, 0) is 25.7 Å². The normalized spacial score (nSPS) is 20.9. The van der Waals surface area contributed by atoms with Gasteiger partial charge < -0.3 is 0 Å². The summed E-state index contributed by atoms with van der Waals surface area (Å²) >= 11 is 0. The maximum Gasteiger partial charge on any atom is -0.0351 e. The van der Waals surface area contributed by atoms with Crippen LogP contribution >= 0.6 is 0 Å². The first-order chi connectivity index (χ1) is 6.00. The van der Waals surface area contributed by atoms with Crippen molar-refractivity contribution in [2.45, 2.75) is 71.6 Å². The molecule has 78 valence electrons. The van der Waals surface area contributed by atoms with Crippen molar-refractivity contribution in [2.24, 2.45) is 0 Å². The quantitative estimate of drug-likeness (QED) is 0.458. The van der Waals surface area contributed by atoms with E-state index in [2.05, 4.69) is 12.2 Å². The van der Waals surface area contributed by atoms with Crippen LogP contribution in [0.15, 0.2) is 12.2 Å². The highest BCUT2D eigenvalue weighted by atomic mass is 14.0. The Morgan fingerprint density at radius 3 is 1.15 bits per heavy atom. The largest absolute Gasteiger partial charge is 0.0885 e. The van der Waals surface area contributed by atoms with Crippen molar-refractivity contribution < 1.29 is 0 Å². The summed E-state index contributed by atoms with van der Waals surface area (Å²) in [4.78, 5) is 0. The molecule has 0 N–H and O–H groups in total. The Kier molecular flexibility index (Phi) is 9.63. The van der Waals surface area contributed by atoms with E-state index >= 15 is 0 Å². The Labute approximate surface area is 84.4 Å². The van der Waals surface area contributed by atoms with Gasteiger partial charge in [-0.25, -0.2) is 0 Å². The monoisotopic (exact) mass is 182 g/mol. The molecule has 0 atom stereocenters. The molecule has 0 aliphatic heterocycles. The maximum atomic E-state index is 2.38. The van der Waals surface area contributed by atoms with E-state index < -0.39 is 0 Å². The van der Waals surface area contributed by atoms with Crippen LogP contribution in [0, 0.1) is 0 Å². The lowest BCUT2D eigenvalue weighted by Gasteiger charge is -2.02. The number of rotatable bonds is 0. The molecule has 1 aliphatic rings. The van der Waals surface area contributed by atoms with Gasteiger partial charge in [0.25, 0.3) is 0 Å². The van der Waals surface area contributed by atoms with Crippen LogP contribution < -0.4 is 0 Å². The molecule has 13 heavy (non-hydrogen) atoms. The van der Waals surface area contributed by atoms with E-state index in [4.69, 9.17) is 0 Å². The van der Waals surface area contributed by atoms with Gasteiger partial charge in [-0.15, -0.1) is 0 Å². The van der Waals surface area contributed by atoms with E-state index in [1.807, 2.05) is 0 Å². The summed E-state index contributed by atoms with van der Waals surface area (Å²) in [6, 6.07) is 0. The second kappa shape index (κ2) is 9.83. The number of allylic oxidation sites excluding steroid dienone is 2. The molecule has 0 aromatic rings. The minimum atomic E-state index is 0. The fourth-order valence-electron chi connectivity index (χ4n) is 1.82. The summed E-state index contributed by atoms with van der Waals surface area (Å²) in [6.07, 6.45) is 19.0. The molecule has 0 amide bonds. The molecule has 0 saturated heterocycles. The van der Waals surface area contributed by atoms with Crippen LogP contribution in [-0.4, -0.2) is 0 Å². The second-order valence-electron chi connectivity index (χ2n) is 3.88. The van der Waals surface area contributed by atoms with E-state index in [0.717, 1.165) is 0 Å². The molecule has 0 unspecified atom stereocenters. The van der Waals surface area contributed by atoms with Gasteiger partial charge in [-0.2, -0.15) is 0 Å². The van der Waals surface area contributed by atoms with Crippen molar-refractivity contribution in [1.82, 2.24) is 0 Å². The molecule has 0 spiro atoms. The summed E-state index contributed by atoms with van der Waals surface area (Å²) in [5, 5.41) is 0. The van der Waals surface area contributed by atoms with E-state index in [1.54, 1.807) is 0 Å². The summed E-state index contributed by atoms with van der Waals surface area (Å²) < 4.78 is 0. The highest BCUT2D eigenvalue weighted by molar-refractivity contribution is 4.81. The van der Waals surface area contributed by atoms with Crippen molar-refractivity contribution in [1.29, 1.82) is 0 Å². The first-order valence-electron chi connectivity index (χ1n) is 5.65. The highest BCUT2D eigenvalue weighted by Gasteiger charge is 1.92. The summed E-state index contributed by atoms with van der Waals surface area (Å²) in [5.41, 5.74) is 0. The predicted molar refractivity (Wildman–Crippen MR) is 62.0 cm³/mol. The van der Waals surface area contributed by atoms with E-state index in [1.165, 1.54) is 64.2 Å². The van der Waals surface area contributed by atoms with Gasteiger partial charge in [0.05, 0.1) is 0 Å². The van der Waals surface area contributed by atoms with Crippen LogP contribution in [0.4, 0.5) is 0 Å². The number of hydrogen-bond acceptors (Lipinski definition) is 0. The van der Waals surface area contributed by atoms with E-state index in [0.29, 0.717) is 0 Å². The Hall–Kier alpha value is -0.260. The zero-order chi connectivity index (χ0) is 8.49. The molecular formula is C13H26. The van der Waals surface area contributed by atoms with Crippen LogP contribution in [-0.2, 0) is 0 Å². The zero-order valence-electron chi connectivity index (χ0n) is 8.23. The Balaban J connectivity index is 0.00000144.